The Hall–Kier alpha value is -1.51. The predicted octanol–water partition coefficient (Wildman–Crippen LogP) is 3.60. The maximum atomic E-state index is 11.7. The van der Waals surface area contributed by atoms with E-state index >= 15 is 0 Å². The number of ether oxygens (including phenoxy) is 1. The normalized spacial score (nSPS) is 16.1. The molecule has 0 saturated heterocycles. The number of alkyl carbamates (subject to hydrolysis) is 1. The third-order valence-electron chi connectivity index (χ3n) is 3.75. The zero-order valence-electron chi connectivity index (χ0n) is 11.7. The van der Waals surface area contributed by atoms with Crippen molar-refractivity contribution < 1.29 is 9.53 Å². The van der Waals surface area contributed by atoms with E-state index in [1.54, 1.807) is 0 Å². The van der Waals surface area contributed by atoms with Gasteiger partial charge in [0.15, 0.2) is 0 Å². The van der Waals surface area contributed by atoms with Gasteiger partial charge in [0.25, 0.3) is 0 Å². The van der Waals surface area contributed by atoms with Crippen LogP contribution in [0.1, 0.15) is 43.2 Å². The van der Waals surface area contributed by atoms with Gasteiger partial charge in [-0.1, -0.05) is 30.7 Å². The van der Waals surface area contributed by atoms with Crippen molar-refractivity contribution in [1.82, 2.24) is 5.32 Å². The largest absolute Gasteiger partial charge is 0.446 e. The van der Waals surface area contributed by atoms with Crippen LogP contribution in [0.5, 0.6) is 0 Å². The first-order valence-electron chi connectivity index (χ1n) is 7.24. The number of benzene rings is 1. The number of amides is 1. The van der Waals surface area contributed by atoms with E-state index in [4.69, 9.17) is 4.74 Å². The van der Waals surface area contributed by atoms with Crippen molar-refractivity contribution in [3.8, 4) is 0 Å². The molecule has 0 aliphatic heterocycles. The molecule has 0 radical (unpaired) electrons. The minimum Gasteiger partial charge on any atom is -0.446 e. The molecule has 0 spiro atoms. The lowest BCUT2D eigenvalue weighted by molar-refractivity contribution is 0.0755. The second-order valence-corrected chi connectivity index (χ2v) is 5.27. The van der Waals surface area contributed by atoms with Gasteiger partial charge in [0, 0.05) is 6.54 Å². The van der Waals surface area contributed by atoms with E-state index in [-0.39, 0.29) is 12.2 Å². The Kier molecular flexibility index (Phi) is 5.25. The molecule has 3 nitrogen and oxygen atoms in total. The summed E-state index contributed by atoms with van der Waals surface area (Å²) in [5.74, 6) is 0. The number of rotatable bonds is 4. The maximum Gasteiger partial charge on any atom is 0.407 e. The van der Waals surface area contributed by atoms with Gasteiger partial charge in [-0.05, 0) is 50.2 Å². The highest BCUT2D eigenvalue weighted by Gasteiger charge is 2.17. The number of hydrogen-bond donors (Lipinski definition) is 1. The second kappa shape index (κ2) is 7.17. The highest BCUT2D eigenvalue weighted by Crippen LogP contribution is 2.20. The Morgan fingerprint density at radius 1 is 1.26 bits per heavy atom. The third-order valence-corrected chi connectivity index (χ3v) is 3.75. The van der Waals surface area contributed by atoms with E-state index in [9.17, 15) is 4.79 Å². The average Bonchev–Trinajstić information content (AvgIpc) is 2.42. The molecule has 1 aliphatic carbocycles. The third kappa shape index (κ3) is 4.58. The van der Waals surface area contributed by atoms with Crippen molar-refractivity contribution in [2.24, 2.45) is 0 Å². The van der Waals surface area contributed by atoms with Gasteiger partial charge in [-0.2, -0.15) is 0 Å². The predicted molar refractivity (Wildman–Crippen MR) is 76.2 cm³/mol. The molecular weight excluding hydrogens is 238 g/mol. The van der Waals surface area contributed by atoms with Gasteiger partial charge in [-0.25, -0.2) is 4.79 Å². The van der Waals surface area contributed by atoms with Gasteiger partial charge < -0.3 is 10.1 Å². The molecule has 1 aromatic rings. The molecule has 19 heavy (non-hydrogen) atoms. The Labute approximate surface area is 115 Å². The first-order chi connectivity index (χ1) is 9.25. The molecule has 1 fully saturated rings. The van der Waals surface area contributed by atoms with E-state index in [1.165, 1.54) is 30.4 Å². The summed E-state index contributed by atoms with van der Waals surface area (Å²) in [6.45, 7) is 2.73. The van der Waals surface area contributed by atoms with E-state index in [0.29, 0.717) is 6.54 Å². The number of hydrogen-bond acceptors (Lipinski definition) is 2. The first kappa shape index (κ1) is 13.9. The summed E-state index contributed by atoms with van der Waals surface area (Å²) in [6, 6.07) is 8.26. The van der Waals surface area contributed by atoms with Crippen LogP contribution in [0.3, 0.4) is 0 Å². The summed E-state index contributed by atoms with van der Waals surface area (Å²) < 4.78 is 5.41. The van der Waals surface area contributed by atoms with Crippen molar-refractivity contribution in [1.29, 1.82) is 0 Å². The van der Waals surface area contributed by atoms with Crippen LogP contribution in [0.4, 0.5) is 4.79 Å². The van der Waals surface area contributed by atoms with E-state index in [1.807, 2.05) is 12.1 Å². The number of aryl methyl sites for hydroxylation is 1. The average molecular weight is 261 g/mol. The molecule has 1 saturated carbocycles. The van der Waals surface area contributed by atoms with Crippen LogP contribution in [-0.2, 0) is 11.2 Å². The minimum atomic E-state index is -0.263. The zero-order valence-corrected chi connectivity index (χ0v) is 11.7. The van der Waals surface area contributed by atoms with Crippen molar-refractivity contribution >= 4 is 6.09 Å². The van der Waals surface area contributed by atoms with Gasteiger partial charge >= 0.3 is 6.09 Å². The summed E-state index contributed by atoms with van der Waals surface area (Å²) in [5.41, 5.74) is 2.55. The Bertz CT molecular complexity index is 411. The zero-order chi connectivity index (χ0) is 13.5. The molecule has 0 atom stereocenters. The van der Waals surface area contributed by atoms with Crippen LogP contribution >= 0.6 is 0 Å². The molecule has 104 valence electrons. The summed E-state index contributed by atoms with van der Waals surface area (Å²) in [7, 11) is 0. The van der Waals surface area contributed by atoms with Crippen LogP contribution < -0.4 is 5.32 Å². The van der Waals surface area contributed by atoms with Crippen LogP contribution in [0, 0.1) is 6.92 Å². The molecule has 2 rings (SSSR count). The molecule has 3 heteroatoms. The minimum absolute atomic E-state index is 0.132. The number of nitrogens with one attached hydrogen (secondary N) is 1. The second-order valence-electron chi connectivity index (χ2n) is 5.27. The van der Waals surface area contributed by atoms with Crippen molar-refractivity contribution in [3.05, 3.63) is 35.4 Å². The van der Waals surface area contributed by atoms with Crippen LogP contribution in [0.2, 0.25) is 0 Å². The first-order valence-corrected chi connectivity index (χ1v) is 7.24. The van der Waals surface area contributed by atoms with E-state index in [0.717, 1.165) is 19.3 Å². The highest BCUT2D eigenvalue weighted by molar-refractivity contribution is 5.67. The highest BCUT2D eigenvalue weighted by atomic mass is 16.6. The standard InChI is InChI=1S/C16H23NO2/c1-13-7-5-6-8-14(13)11-12-17-16(18)19-15-9-3-2-4-10-15/h5-8,15H,2-4,9-12H2,1H3,(H,17,18). The van der Waals surface area contributed by atoms with Crippen LogP contribution in [-0.4, -0.2) is 18.7 Å². The Balaban J connectivity index is 1.67. The Morgan fingerprint density at radius 2 is 2.00 bits per heavy atom. The van der Waals surface area contributed by atoms with E-state index < -0.39 is 0 Å². The van der Waals surface area contributed by atoms with Gasteiger partial charge in [0.2, 0.25) is 0 Å². The fourth-order valence-electron chi connectivity index (χ4n) is 2.57. The van der Waals surface area contributed by atoms with Crippen molar-refractivity contribution in [2.45, 2.75) is 51.6 Å². The van der Waals surface area contributed by atoms with Gasteiger partial charge in [-0.15, -0.1) is 0 Å². The quantitative estimate of drug-likeness (QED) is 0.899. The topological polar surface area (TPSA) is 38.3 Å². The van der Waals surface area contributed by atoms with Crippen molar-refractivity contribution in [3.63, 3.8) is 0 Å². The smallest absolute Gasteiger partial charge is 0.407 e. The van der Waals surface area contributed by atoms with Gasteiger partial charge in [0.1, 0.15) is 6.10 Å². The van der Waals surface area contributed by atoms with E-state index in [2.05, 4.69) is 24.4 Å². The molecule has 0 unspecified atom stereocenters. The molecule has 1 aromatic carbocycles. The SMILES string of the molecule is Cc1ccccc1CCNC(=O)OC1CCCCC1. The Morgan fingerprint density at radius 3 is 2.74 bits per heavy atom. The fraction of sp³-hybridized carbons (Fsp3) is 0.562. The maximum absolute atomic E-state index is 11.7. The molecular formula is C16H23NO2. The van der Waals surface area contributed by atoms with Gasteiger partial charge in [-0.3, -0.25) is 0 Å². The summed E-state index contributed by atoms with van der Waals surface area (Å²) in [6.07, 6.45) is 6.40. The van der Waals surface area contributed by atoms with Gasteiger partial charge in [0.05, 0.1) is 0 Å². The fourth-order valence-corrected chi connectivity index (χ4v) is 2.57. The lowest BCUT2D eigenvalue weighted by Crippen LogP contribution is -2.31. The molecule has 1 N–H and O–H groups in total. The lowest BCUT2D eigenvalue weighted by atomic mass is 9.98. The summed E-state index contributed by atoms with van der Waals surface area (Å²) in [4.78, 5) is 11.7. The van der Waals surface area contributed by atoms with Crippen LogP contribution in [0.15, 0.2) is 24.3 Å². The molecule has 0 bridgehead atoms. The van der Waals surface area contributed by atoms with Crippen LogP contribution in [0.25, 0.3) is 0 Å². The summed E-state index contributed by atoms with van der Waals surface area (Å²) >= 11 is 0. The molecule has 0 heterocycles. The number of carbonyl (C=O) groups excluding carboxylic acids is 1. The lowest BCUT2D eigenvalue weighted by Gasteiger charge is -2.21. The number of carbonyl (C=O) groups is 1. The summed E-state index contributed by atoms with van der Waals surface area (Å²) in [5, 5.41) is 2.84. The van der Waals surface area contributed by atoms with Crippen molar-refractivity contribution in [2.75, 3.05) is 6.54 Å². The molecule has 1 aliphatic rings. The monoisotopic (exact) mass is 261 g/mol. The molecule has 1 amide bonds. The molecule has 0 aromatic heterocycles.